The van der Waals surface area contributed by atoms with Crippen molar-refractivity contribution in [2.75, 3.05) is 0 Å². The summed E-state index contributed by atoms with van der Waals surface area (Å²) in [5, 5.41) is 7.43. The van der Waals surface area contributed by atoms with Gasteiger partial charge in [0.15, 0.2) is 0 Å². The molecule has 0 N–H and O–H groups in total. The molecule has 65 heavy (non-hydrogen) atoms. The molecule has 0 radical (unpaired) electrons. The second-order valence-electron chi connectivity index (χ2n) is 18.2. The van der Waals surface area contributed by atoms with E-state index in [0.717, 1.165) is 33.7 Å². The zero-order valence-corrected chi connectivity index (χ0v) is 36.6. The molecule has 2 heterocycles. The van der Waals surface area contributed by atoms with Crippen LogP contribution in [0.3, 0.4) is 0 Å². The van der Waals surface area contributed by atoms with Gasteiger partial charge >= 0.3 is 0 Å². The monoisotopic (exact) mass is 830 g/mol. The molecule has 0 aliphatic heterocycles. The maximum atomic E-state index is 4.87. The minimum Gasteiger partial charge on any atom is -0.331 e. The molecule has 0 atom stereocenters. The number of aryl methyl sites for hydroxylation is 4. The molecule has 2 aromatic heterocycles. The predicted octanol–water partition coefficient (Wildman–Crippen LogP) is 14.9. The Labute approximate surface area is 376 Å². The van der Waals surface area contributed by atoms with Crippen LogP contribution in [-0.4, -0.2) is 19.1 Å². The fourth-order valence-electron chi connectivity index (χ4n) is 12.1. The third-order valence-corrected chi connectivity index (χ3v) is 15.1. The van der Waals surface area contributed by atoms with Gasteiger partial charge in [0.1, 0.15) is 11.6 Å². The zero-order valence-electron chi connectivity index (χ0n) is 36.6. The molecule has 10 aromatic carbocycles. The molecule has 0 saturated heterocycles. The van der Waals surface area contributed by atoms with E-state index in [9.17, 15) is 0 Å². The molecular formula is C61H42N4. The van der Waals surface area contributed by atoms with Crippen molar-refractivity contribution < 1.29 is 0 Å². The Kier molecular flexibility index (Phi) is 7.28. The molecular weight excluding hydrogens is 789 g/mol. The van der Waals surface area contributed by atoms with E-state index in [4.69, 9.17) is 9.97 Å². The number of aromatic nitrogens is 4. The smallest absolute Gasteiger partial charge is 0.106 e. The Hall–Kier alpha value is -8.08. The highest BCUT2D eigenvalue weighted by Crippen LogP contribution is 2.65. The normalized spacial score (nSPS) is 13.4. The van der Waals surface area contributed by atoms with Crippen LogP contribution in [0.5, 0.6) is 0 Å². The molecule has 1 spiro atoms. The first-order valence-electron chi connectivity index (χ1n) is 22.6. The largest absolute Gasteiger partial charge is 0.331 e. The Bertz CT molecular complexity index is 3880. The number of hydrogen-bond donors (Lipinski definition) is 0. The van der Waals surface area contributed by atoms with Crippen LogP contribution in [-0.2, 0) is 19.5 Å². The van der Waals surface area contributed by atoms with Crippen molar-refractivity contribution in [2.24, 2.45) is 14.1 Å². The van der Waals surface area contributed by atoms with E-state index in [-0.39, 0.29) is 0 Å². The first-order chi connectivity index (χ1) is 31.9. The van der Waals surface area contributed by atoms with Crippen LogP contribution in [0.1, 0.15) is 33.9 Å². The lowest BCUT2D eigenvalue weighted by atomic mass is 9.70. The Balaban J connectivity index is 1.15. The van der Waals surface area contributed by atoms with Gasteiger partial charge in [0.2, 0.25) is 0 Å². The van der Waals surface area contributed by atoms with Gasteiger partial charge in [0.25, 0.3) is 0 Å². The van der Waals surface area contributed by atoms with Crippen LogP contribution in [0.2, 0.25) is 0 Å². The number of fused-ring (bicyclic) bond motifs is 16. The minimum absolute atomic E-state index is 0.484. The van der Waals surface area contributed by atoms with E-state index in [1.54, 1.807) is 0 Å². The van der Waals surface area contributed by atoms with Crippen LogP contribution in [0, 0.1) is 13.8 Å². The van der Waals surface area contributed by atoms with Gasteiger partial charge in [-0.1, -0.05) is 152 Å². The number of benzene rings is 10. The SMILES string of the molecule is Cc1nc2ccc(-c3cccc4c(-c5cccc6c5-c5c(ccc7ccccc57)C65c6ccccc6-c6ccccc65)c5cccc(-c6ccc7nc(C)n(C)c7c6)c5cc34)cc2n1C. The zero-order chi connectivity index (χ0) is 43.3. The van der Waals surface area contributed by atoms with Gasteiger partial charge in [0.05, 0.1) is 27.5 Å². The van der Waals surface area contributed by atoms with Gasteiger partial charge in [-0.15, -0.1) is 0 Å². The number of nitrogens with zero attached hydrogens (tertiary/aromatic N) is 4. The van der Waals surface area contributed by atoms with Crippen molar-refractivity contribution in [2.45, 2.75) is 19.3 Å². The van der Waals surface area contributed by atoms with E-state index in [1.807, 2.05) is 0 Å². The van der Waals surface area contributed by atoms with Gasteiger partial charge in [-0.3, -0.25) is 0 Å². The molecule has 2 aliphatic carbocycles. The maximum Gasteiger partial charge on any atom is 0.106 e. The molecule has 0 fully saturated rings. The van der Waals surface area contributed by atoms with Crippen molar-refractivity contribution in [3.63, 3.8) is 0 Å². The summed E-state index contributed by atoms with van der Waals surface area (Å²) in [5.74, 6) is 2.01. The van der Waals surface area contributed by atoms with Gasteiger partial charge in [-0.2, -0.15) is 0 Å². The molecule has 12 aromatic rings. The first-order valence-corrected chi connectivity index (χ1v) is 22.6. The maximum absolute atomic E-state index is 4.87. The molecule has 4 heteroatoms. The van der Waals surface area contributed by atoms with Crippen LogP contribution in [0.15, 0.2) is 182 Å². The van der Waals surface area contributed by atoms with Gasteiger partial charge in [-0.25, -0.2) is 9.97 Å². The summed E-state index contributed by atoms with van der Waals surface area (Å²) in [5.41, 5.74) is 21.7. The van der Waals surface area contributed by atoms with Crippen molar-refractivity contribution in [3.8, 4) is 55.6 Å². The summed E-state index contributed by atoms with van der Waals surface area (Å²) in [7, 11) is 4.23. The third-order valence-electron chi connectivity index (χ3n) is 15.1. The molecule has 2 aliphatic rings. The Morgan fingerprint density at radius 3 is 1.45 bits per heavy atom. The number of rotatable bonds is 3. The van der Waals surface area contributed by atoms with Crippen molar-refractivity contribution in [1.29, 1.82) is 0 Å². The van der Waals surface area contributed by atoms with Gasteiger partial charge < -0.3 is 9.13 Å². The van der Waals surface area contributed by atoms with Gasteiger partial charge in [-0.05, 0) is 154 Å². The third kappa shape index (κ3) is 4.70. The summed E-state index contributed by atoms with van der Waals surface area (Å²) in [6, 6.07) is 68.9. The minimum atomic E-state index is -0.484. The van der Waals surface area contributed by atoms with E-state index in [2.05, 4.69) is 219 Å². The fourth-order valence-corrected chi connectivity index (χ4v) is 12.1. The number of imidazole rings is 2. The molecule has 0 bridgehead atoms. The van der Waals surface area contributed by atoms with Crippen LogP contribution in [0.4, 0.5) is 0 Å². The highest BCUT2D eigenvalue weighted by Gasteiger charge is 2.52. The summed E-state index contributed by atoms with van der Waals surface area (Å²) in [6.45, 7) is 4.16. The number of hydrogen-bond acceptors (Lipinski definition) is 2. The highest BCUT2D eigenvalue weighted by atomic mass is 15.1. The summed E-state index contributed by atoms with van der Waals surface area (Å²) >= 11 is 0. The van der Waals surface area contributed by atoms with Crippen molar-refractivity contribution >= 4 is 54.4 Å². The lowest BCUT2D eigenvalue weighted by molar-refractivity contribution is 0.794. The van der Waals surface area contributed by atoms with Crippen molar-refractivity contribution in [1.82, 2.24) is 19.1 Å². The van der Waals surface area contributed by atoms with Crippen LogP contribution in [0.25, 0.3) is 110 Å². The second-order valence-corrected chi connectivity index (χ2v) is 18.2. The average molecular weight is 831 g/mol. The highest BCUT2D eigenvalue weighted by molar-refractivity contribution is 6.22. The van der Waals surface area contributed by atoms with E-state index in [0.29, 0.717) is 0 Å². The molecule has 0 unspecified atom stereocenters. The summed E-state index contributed by atoms with van der Waals surface area (Å²) < 4.78 is 4.40. The molecule has 0 amide bonds. The molecule has 306 valence electrons. The quantitative estimate of drug-likeness (QED) is 0.166. The van der Waals surface area contributed by atoms with Crippen LogP contribution >= 0.6 is 0 Å². The van der Waals surface area contributed by atoms with E-state index < -0.39 is 5.41 Å². The fraction of sp³-hybridized carbons (Fsp3) is 0.0820. The molecule has 14 rings (SSSR count). The molecule has 0 saturated carbocycles. The molecule has 4 nitrogen and oxygen atoms in total. The lowest BCUT2D eigenvalue weighted by Crippen LogP contribution is -2.25. The van der Waals surface area contributed by atoms with E-state index in [1.165, 1.54) is 110 Å². The predicted molar refractivity (Wildman–Crippen MR) is 270 cm³/mol. The first kappa shape index (κ1) is 36.4. The summed E-state index contributed by atoms with van der Waals surface area (Å²) in [4.78, 5) is 9.73. The summed E-state index contributed by atoms with van der Waals surface area (Å²) in [6.07, 6.45) is 0. The average Bonchev–Trinajstić information content (AvgIpc) is 4.03. The van der Waals surface area contributed by atoms with Gasteiger partial charge in [0, 0.05) is 14.1 Å². The topological polar surface area (TPSA) is 35.6 Å². The standard InChI is InChI=1S/C61H42N4/c1-35-62-54-30-27-38(32-56(54)64(35)3)40-18-11-20-45-48(40)34-49-41(39-28-31-55-57(33-39)65(4)36(2)63-55)19-12-21-46(49)58(45)47-22-13-25-52-60(47)59-42-15-6-5-14-37(42)26-29-53(59)61(52)50-23-9-7-16-43(50)44-17-8-10-24-51(44)61/h5-34H,1-4H3. The Morgan fingerprint density at radius 1 is 0.354 bits per heavy atom. The van der Waals surface area contributed by atoms with Crippen molar-refractivity contribution in [3.05, 3.63) is 216 Å². The van der Waals surface area contributed by atoms with E-state index >= 15 is 0 Å². The lowest BCUT2D eigenvalue weighted by Gasteiger charge is -2.30. The second kappa shape index (κ2) is 13.0. The Morgan fingerprint density at radius 2 is 0.831 bits per heavy atom. The van der Waals surface area contributed by atoms with Crippen LogP contribution < -0.4 is 0 Å².